The lowest BCUT2D eigenvalue weighted by atomic mass is 10.1. The monoisotopic (exact) mass is 270 g/mol. The first-order valence-electron chi connectivity index (χ1n) is 5.68. The fraction of sp³-hybridized carbons (Fsp3) is 0. The van der Waals surface area contributed by atoms with E-state index in [4.69, 9.17) is 5.21 Å². The molecule has 4 nitrogen and oxygen atoms in total. The van der Waals surface area contributed by atoms with Crippen LogP contribution < -0.4 is 5.32 Å². The van der Waals surface area contributed by atoms with Gasteiger partial charge in [0.1, 0.15) is 6.21 Å². The molecule has 0 saturated carbocycles. The first kappa shape index (κ1) is 11.7. The lowest BCUT2D eigenvalue weighted by Crippen LogP contribution is -2.12. The van der Waals surface area contributed by atoms with Crippen LogP contribution in [0.1, 0.15) is 0 Å². The van der Waals surface area contributed by atoms with Gasteiger partial charge >= 0.3 is 0 Å². The van der Waals surface area contributed by atoms with Crippen molar-refractivity contribution in [3.05, 3.63) is 42.5 Å². The Hall–Kier alpha value is -2.40. The topological polar surface area (TPSA) is 61.7 Å². The summed E-state index contributed by atoms with van der Waals surface area (Å²) in [5.74, 6) is -0.453. The van der Waals surface area contributed by atoms with Crippen LogP contribution in [0.25, 0.3) is 20.2 Å². The zero-order chi connectivity index (χ0) is 13.2. The van der Waals surface area contributed by atoms with Crippen LogP contribution in [-0.2, 0) is 4.79 Å². The molecule has 0 aliphatic heterocycles. The van der Waals surface area contributed by atoms with E-state index in [1.807, 2.05) is 36.4 Å². The number of nitrogens with zero attached hydrogens (tertiary/aromatic N) is 1. The van der Waals surface area contributed by atoms with Crippen LogP contribution in [-0.4, -0.2) is 17.3 Å². The van der Waals surface area contributed by atoms with Crippen molar-refractivity contribution in [3.8, 4) is 0 Å². The molecule has 3 rings (SSSR count). The van der Waals surface area contributed by atoms with Crippen LogP contribution in [0, 0.1) is 0 Å². The predicted molar refractivity (Wildman–Crippen MR) is 78.2 cm³/mol. The molecule has 3 aromatic rings. The molecule has 5 heteroatoms. The smallest absolute Gasteiger partial charge is 0.270 e. The summed E-state index contributed by atoms with van der Waals surface area (Å²) in [4.78, 5) is 11.5. The van der Waals surface area contributed by atoms with E-state index in [9.17, 15) is 4.79 Å². The Labute approximate surface area is 113 Å². The molecule has 0 atom stereocenters. The Bertz CT molecular complexity index is 792. The lowest BCUT2D eigenvalue weighted by Gasteiger charge is -2.04. The van der Waals surface area contributed by atoms with Gasteiger partial charge in [0.25, 0.3) is 5.91 Å². The molecule has 0 aliphatic carbocycles. The summed E-state index contributed by atoms with van der Waals surface area (Å²) < 4.78 is 2.29. The molecule has 94 valence electrons. The highest BCUT2D eigenvalue weighted by Gasteiger charge is 2.10. The number of oxime groups is 1. The van der Waals surface area contributed by atoms with Crippen molar-refractivity contribution in [3.63, 3.8) is 0 Å². The quantitative estimate of drug-likeness (QED) is 0.425. The molecule has 0 unspecified atom stereocenters. The maximum atomic E-state index is 11.5. The van der Waals surface area contributed by atoms with Gasteiger partial charge in [0.05, 0.1) is 5.69 Å². The van der Waals surface area contributed by atoms with Crippen LogP contribution in [0.2, 0.25) is 0 Å². The third kappa shape index (κ3) is 2.04. The van der Waals surface area contributed by atoms with Gasteiger partial charge in [0.15, 0.2) is 0 Å². The number of carbonyl (C=O) groups is 1. The summed E-state index contributed by atoms with van der Waals surface area (Å²) in [7, 11) is 0. The normalized spacial score (nSPS) is 11.4. The van der Waals surface area contributed by atoms with E-state index in [0.717, 1.165) is 27.4 Å². The standard InChI is InChI=1S/C14H10N2O2S/c17-13(8-15-18)16-10-5-3-7-12-14(10)9-4-1-2-6-11(9)19-12/h1-8,18H,(H,16,17). The average Bonchev–Trinajstić information content (AvgIpc) is 2.78. The highest BCUT2D eigenvalue weighted by Crippen LogP contribution is 2.37. The van der Waals surface area contributed by atoms with Gasteiger partial charge in [0.2, 0.25) is 0 Å². The van der Waals surface area contributed by atoms with Crippen molar-refractivity contribution in [1.82, 2.24) is 0 Å². The third-order valence-electron chi connectivity index (χ3n) is 2.84. The van der Waals surface area contributed by atoms with Crippen LogP contribution >= 0.6 is 11.3 Å². The van der Waals surface area contributed by atoms with Crippen LogP contribution in [0.15, 0.2) is 47.6 Å². The van der Waals surface area contributed by atoms with Crippen molar-refractivity contribution >= 4 is 49.3 Å². The summed E-state index contributed by atoms with van der Waals surface area (Å²) in [5.41, 5.74) is 0.722. The van der Waals surface area contributed by atoms with Crippen LogP contribution in [0.5, 0.6) is 0 Å². The van der Waals surface area contributed by atoms with Gasteiger partial charge in [0, 0.05) is 20.2 Å². The molecule has 1 aromatic heterocycles. The van der Waals surface area contributed by atoms with Gasteiger partial charge in [-0.3, -0.25) is 4.79 Å². The fourth-order valence-corrected chi connectivity index (χ4v) is 3.23. The Morgan fingerprint density at radius 1 is 1.16 bits per heavy atom. The number of hydrogen-bond donors (Lipinski definition) is 2. The highest BCUT2D eigenvalue weighted by atomic mass is 32.1. The van der Waals surface area contributed by atoms with E-state index >= 15 is 0 Å². The minimum absolute atomic E-state index is 0.453. The molecule has 0 aliphatic rings. The molecule has 0 spiro atoms. The first-order valence-corrected chi connectivity index (χ1v) is 6.50. The highest BCUT2D eigenvalue weighted by molar-refractivity contribution is 7.25. The Kier molecular flexibility index (Phi) is 2.89. The number of fused-ring (bicyclic) bond motifs is 3. The summed E-state index contributed by atoms with van der Waals surface area (Å²) in [6, 6.07) is 13.8. The summed E-state index contributed by atoms with van der Waals surface area (Å²) in [6.45, 7) is 0. The molecule has 0 saturated heterocycles. The molecular formula is C14H10N2O2S. The van der Waals surface area contributed by atoms with Crippen molar-refractivity contribution in [1.29, 1.82) is 0 Å². The van der Waals surface area contributed by atoms with E-state index in [-0.39, 0.29) is 0 Å². The number of nitrogens with one attached hydrogen (secondary N) is 1. The molecular weight excluding hydrogens is 260 g/mol. The minimum atomic E-state index is -0.453. The van der Waals surface area contributed by atoms with Gasteiger partial charge in [-0.2, -0.15) is 0 Å². The van der Waals surface area contributed by atoms with Gasteiger partial charge in [-0.15, -0.1) is 11.3 Å². The summed E-state index contributed by atoms with van der Waals surface area (Å²) >= 11 is 1.68. The van der Waals surface area contributed by atoms with Crippen molar-refractivity contribution < 1.29 is 10.0 Å². The third-order valence-corrected chi connectivity index (χ3v) is 3.97. The van der Waals surface area contributed by atoms with Crippen molar-refractivity contribution in [2.75, 3.05) is 5.32 Å². The van der Waals surface area contributed by atoms with Crippen LogP contribution in [0.3, 0.4) is 0 Å². The number of hydrogen-bond acceptors (Lipinski definition) is 4. The molecule has 1 amide bonds. The second-order valence-corrected chi connectivity index (χ2v) is 5.09. The molecule has 0 bridgehead atoms. The van der Waals surface area contributed by atoms with E-state index < -0.39 is 5.91 Å². The van der Waals surface area contributed by atoms with Crippen molar-refractivity contribution in [2.24, 2.45) is 5.16 Å². The van der Waals surface area contributed by atoms with E-state index in [0.29, 0.717) is 0 Å². The zero-order valence-corrected chi connectivity index (χ0v) is 10.6. The van der Waals surface area contributed by atoms with E-state index in [1.165, 1.54) is 4.70 Å². The molecule has 2 N–H and O–H groups in total. The predicted octanol–water partition coefficient (Wildman–Crippen LogP) is 3.45. The minimum Gasteiger partial charge on any atom is -0.411 e. The maximum absolute atomic E-state index is 11.5. The number of anilines is 1. The maximum Gasteiger partial charge on any atom is 0.270 e. The largest absolute Gasteiger partial charge is 0.411 e. The Morgan fingerprint density at radius 3 is 2.79 bits per heavy atom. The van der Waals surface area contributed by atoms with Gasteiger partial charge in [-0.05, 0) is 18.2 Å². The van der Waals surface area contributed by atoms with Gasteiger partial charge in [-0.1, -0.05) is 29.4 Å². The molecule has 19 heavy (non-hydrogen) atoms. The number of amides is 1. The van der Waals surface area contributed by atoms with Crippen molar-refractivity contribution in [2.45, 2.75) is 0 Å². The molecule has 0 radical (unpaired) electrons. The first-order chi connectivity index (χ1) is 9.29. The molecule has 2 aromatic carbocycles. The molecule has 1 heterocycles. The Morgan fingerprint density at radius 2 is 1.95 bits per heavy atom. The number of thiophene rings is 1. The summed E-state index contributed by atoms with van der Waals surface area (Å²) in [5, 5.41) is 15.9. The number of rotatable bonds is 2. The molecule has 0 fully saturated rings. The second-order valence-electron chi connectivity index (χ2n) is 4.01. The number of carbonyl (C=O) groups excluding carboxylic acids is 1. The zero-order valence-electron chi connectivity index (χ0n) is 9.83. The number of benzene rings is 2. The SMILES string of the molecule is O=C(C=NO)Nc1cccc2sc3ccccc3c12. The fourth-order valence-electron chi connectivity index (χ4n) is 2.10. The van der Waals surface area contributed by atoms with Gasteiger partial charge in [-0.25, -0.2) is 0 Å². The van der Waals surface area contributed by atoms with Gasteiger partial charge < -0.3 is 10.5 Å². The average molecular weight is 270 g/mol. The lowest BCUT2D eigenvalue weighted by molar-refractivity contribution is -0.110. The second kappa shape index (κ2) is 4.70. The van der Waals surface area contributed by atoms with E-state index in [1.54, 1.807) is 11.3 Å². The van der Waals surface area contributed by atoms with Crippen LogP contribution in [0.4, 0.5) is 5.69 Å². The summed E-state index contributed by atoms with van der Waals surface area (Å²) in [6.07, 6.45) is 0.841. The van der Waals surface area contributed by atoms with E-state index in [2.05, 4.69) is 16.5 Å². The Balaban J connectivity index is 2.21.